The van der Waals surface area contributed by atoms with Gasteiger partial charge < -0.3 is 14.6 Å². The van der Waals surface area contributed by atoms with E-state index in [1.54, 1.807) is 0 Å². The lowest BCUT2D eigenvalue weighted by Gasteiger charge is -2.13. The number of aliphatic hydroxyl groups excluding tert-OH is 1. The van der Waals surface area contributed by atoms with Gasteiger partial charge in [0.25, 0.3) is 0 Å². The van der Waals surface area contributed by atoms with E-state index in [1.807, 2.05) is 0 Å². The first-order valence-corrected chi connectivity index (χ1v) is 4.23. The molecular formula is C8H12O4. The molecule has 0 saturated carbocycles. The summed E-state index contributed by atoms with van der Waals surface area (Å²) in [6.07, 6.45) is 0.903. The van der Waals surface area contributed by atoms with E-state index in [2.05, 4.69) is 0 Å². The summed E-state index contributed by atoms with van der Waals surface area (Å²) in [5.74, 6) is 0.0269. The van der Waals surface area contributed by atoms with Crippen LogP contribution in [0.5, 0.6) is 0 Å². The van der Waals surface area contributed by atoms with E-state index >= 15 is 0 Å². The van der Waals surface area contributed by atoms with E-state index in [4.69, 9.17) is 14.6 Å². The Hall–Kier alpha value is -0.610. The SMILES string of the molecule is O=C1CC2OCC(CCO)C2O1. The van der Waals surface area contributed by atoms with Gasteiger partial charge in [0.1, 0.15) is 12.2 Å². The van der Waals surface area contributed by atoms with Crippen LogP contribution in [0, 0.1) is 5.92 Å². The molecule has 3 unspecified atom stereocenters. The molecule has 2 rings (SSSR count). The highest BCUT2D eigenvalue weighted by Gasteiger charge is 2.45. The standard InChI is InChI=1S/C8H12O4/c9-2-1-5-4-11-6-3-7(10)12-8(5)6/h5-6,8-9H,1-4H2. The topological polar surface area (TPSA) is 55.8 Å². The van der Waals surface area contributed by atoms with E-state index in [0.29, 0.717) is 19.4 Å². The van der Waals surface area contributed by atoms with Gasteiger partial charge in [0.05, 0.1) is 13.0 Å². The largest absolute Gasteiger partial charge is 0.459 e. The summed E-state index contributed by atoms with van der Waals surface area (Å²) in [6.45, 7) is 0.748. The molecule has 0 bridgehead atoms. The molecule has 2 aliphatic rings. The quantitative estimate of drug-likeness (QED) is 0.581. The minimum atomic E-state index is -0.173. The molecule has 1 N–H and O–H groups in total. The van der Waals surface area contributed by atoms with Gasteiger partial charge in [-0.1, -0.05) is 0 Å². The predicted octanol–water partition coefficient (Wildman–Crippen LogP) is -0.301. The van der Waals surface area contributed by atoms with E-state index in [0.717, 1.165) is 0 Å². The van der Waals surface area contributed by atoms with Crippen LogP contribution in [0.3, 0.4) is 0 Å². The molecule has 0 radical (unpaired) electrons. The third-order valence-corrected chi connectivity index (χ3v) is 2.49. The number of fused-ring (bicyclic) bond motifs is 1. The van der Waals surface area contributed by atoms with E-state index < -0.39 is 0 Å². The minimum Gasteiger partial charge on any atom is -0.459 e. The van der Waals surface area contributed by atoms with Gasteiger partial charge in [-0.2, -0.15) is 0 Å². The fourth-order valence-corrected chi connectivity index (χ4v) is 1.87. The summed E-state index contributed by atoms with van der Waals surface area (Å²) in [5.41, 5.74) is 0. The molecule has 68 valence electrons. The van der Waals surface area contributed by atoms with Crippen LogP contribution in [-0.2, 0) is 14.3 Å². The summed E-state index contributed by atoms with van der Waals surface area (Å²) in [4.78, 5) is 10.8. The van der Waals surface area contributed by atoms with E-state index in [9.17, 15) is 4.79 Å². The third-order valence-electron chi connectivity index (χ3n) is 2.49. The fourth-order valence-electron chi connectivity index (χ4n) is 1.87. The Morgan fingerprint density at radius 3 is 3.17 bits per heavy atom. The summed E-state index contributed by atoms with van der Waals surface area (Å²) < 4.78 is 10.4. The van der Waals surface area contributed by atoms with E-state index in [1.165, 1.54) is 0 Å². The molecule has 4 heteroatoms. The van der Waals surface area contributed by atoms with Crippen LogP contribution < -0.4 is 0 Å². The van der Waals surface area contributed by atoms with Crippen molar-refractivity contribution in [2.45, 2.75) is 25.0 Å². The second-order valence-corrected chi connectivity index (χ2v) is 3.30. The van der Waals surface area contributed by atoms with Crippen molar-refractivity contribution in [1.82, 2.24) is 0 Å². The Kier molecular flexibility index (Phi) is 2.02. The zero-order valence-corrected chi connectivity index (χ0v) is 6.73. The fraction of sp³-hybridized carbons (Fsp3) is 0.875. The van der Waals surface area contributed by atoms with Crippen LogP contribution in [0.15, 0.2) is 0 Å². The van der Waals surface area contributed by atoms with Crippen LogP contribution in [0.4, 0.5) is 0 Å². The highest BCUT2D eigenvalue weighted by atomic mass is 16.6. The van der Waals surface area contributed by atoms with Gasteiger partial charge in [0, 0.05) is 12.5 Å². The summed E-state index contributed by atoms with van der Waals surface area (Å²) in [6, 6.07) is 0. The Balaban J connectivity index is 1.98. The first-order chi connectivity index (χ1) is 5.81. The van der Waals surface area contributed by atoms with Gasteiger partial charge in [-0.3, -0.25) is 4.79 Å². The Bertz CT molecular complexity index is 189. The molecule has 2 fully saturated rings. The van der Waals surface area contributed by atoms with Crippen molar-refractivity contribution in [3.8, 4) is 0 Å². The zero-order chi connectivity index (χ0) is 8.55. The zero-order valence-electron chi connectivity index (χ0n) is 6.73. The number of ether oxygens (including phenoxy) is 2. The number of hydrogen-bond acceptors (Lipinski definition) is 4. The maximum Gasteiger partial charge on any atom is 0.308 e. The van der Waals surface area contributed by atoms with Crippen LogP contribution in [0.25, 0.3) is 0 Å². The first-order valence-electron chi connectivity index (χ1n) is 4.23. The van der Waals surface area contributed by atoms with Gasteiger partial charge in [0.2, 0.25) is 0 Å². The number of carbonyl (C=O) groups excluding carboxylic acids is 1. The van der Waals surface area contributed by atoms with Crippen molar-refractivity contribution in [2.75, 3.05) is 13.2 Å². The van der Waals surface area contributed by atoms with Gasteiger partial charge >= 0.3 is 5.97 Å². The molecule has 0 aromatic rings. The van der Waals surface area contributed by atoms with Crippen LogP contribution in [0.1, 0.15) is 12.8 Å². The molecule has 0 spiro atoms. The number of aliphatic hydroxyl groups is 1. The lowest BCUT2D eigenvalue weighted by molar-refractivity contribution is -0.143. The maximum absolute atomic E-state index is 10.8. The van der Waals surface area contributed by atoms with Crippen molar-refractivity contribution >= 4 is 5.97 Å². The molecule has 2 saturated heterocycles. The number of esters is 1. The lowest BCUT2D eigenvalue weighted by Crippen LogP contribution is -2.23. The number of hydrogen-bond donors (Lipinski definition) is 1. The minimum absolute atomic E-state index is 0.0472. The second kappa shape index (κ2) is 3.03. The average molecular weight is 172 g/mol. The molecule has 3 atom stereocenters. The molecule has 2 aliphatic heterocycles. The van der Waals surface area contributed by atoms with Gasteiger partial charge in [0.15, 0.2) is 0 Å². The average Bonchev–Trinajstić information content (AvgIpc) is 2.52. The van der Waals surface area contributed by atoms with Gasteiger partial charge in [-0.25, -0.2) is 0 Å². The van der Waals surface area contributed by atoms with Gasteiger partial charge in [-0.15, -0.1) is 0 Å². The summed E-state index contributed by atoms with van der Waals surface area (Å²) in [7, 11) is 0. The summed E-state index contributed by atoms with van der Waals surface area (Å²) >= 11 is 0. The molecule has 0 aliphatic carbocycles. The first kappa shape index (κ1) is 8.01. The van der Waals surface area contributed by atoms with Crippen LogP contribution >= 0.6 is 0 Å². The summed E-state index contributed by atoms with van der Waals surface area (Å²) in [5, 5.41) is 8.72. The molecule has 12 heavy (non-hydrogen) atoms. The Labute approximate surface area is 70.5 Å². The molecule has 0 amide bonds. The monoisotopic (exact) mass is 172 g/mol. The lowest BCUT2D eigenvalue weighted by atomic mass is 9.99. The predicted molar refractivity (Wildman–Crippen MR) is 39.4 cm³/mol. The van der Waals surface area contributed by atoms with E-state index in [-0.39, 0.29) is 30.7 Å². The van der Waals surface area contributed by atoms with Gasteiger partial charge in [-0.05, 0) is 6.42 Å². The molecule has 2 heterocycles. The Morgan fingerprint density at radius 1 is 1.58 bits per heavy atom. The molecule has 0 aromatic carbocycles. The second-order valence-electron chi connectivity index (χ2n) is 3.30. The van der Waals surface area contributed by atoms with Crippen molar-refractivity contribution in [1.29, 1.82) is 0 Å². The number of carbonyl (C=O) groups is 1. The van der Waals surface area contributed by atoms with Crippen molar-refractivity contribution < 1.29 is 19.4 Å². The normalized spacial score (nSPS) is 39.8. The molecule has 4 nitrogen and oxygen atoms in total. The molecule has 0 aromatic heterocycles. The van der Waals surface area contributed by atoms with Crippen molar-refractivity contribution in [3.05, 3.63) is 0 Å². The van der Waals surface area contributed by atoms with Crippen molar-refractivity contribution in [2.24, 2.45) is 5.92 Å². The Morgan fingerprint density at radius 2 is 2.42 bits per heavy atom. The van der Waals surface area contributed by atoms with Crippen LogP contribution in [-0.4, -0.2) is 36.5 Å². The highest BCUT2D eigenvalue weighted by Crippen LogP contribution is 2.32. The smallest absolute Gasteiger partial charge is 0.308 e. The van der Waals surface area contributed by atoms with Crippen LogP contribution in [0.2, 0.25) is 0 Å². The maximum atomic E-state index is 10.8. The highest BCUT2D eigenvalue weighted by molar-refractivity contribution is 5.72. The number of rotatable bonds is 2. The van der Waals surface area contributed by atoms with Crippen molar-refractivity contribution in [3.63, 3.8) is 0 Å². The molecular weight excluding hydrogens is 160 g/mol. The third kappa shape index (κ3) is 1.21.